The van der Waals surface area contributed by atoms with Crippen LogP contribution in [-0.2, 0) is 6.54 Å². The molecule has 0 fully saturated rings. The zero-order valence-corrected chi connectivity index (χ0v) is 13.6. The normalized spacial score (nSPS) is 12.4. The predicted octanol–water partition coefficient (Wildman–Crippen LogP) is 4.76. The number of nitrogens with one attached hydrogen (secondary N) is 1. The van der Waals surface area contributed by atoms with Crippen molar-refractivity contribution in [2.24, 2.45) is 0 Å². The molecular formula is C15H18BrNOS. The Morgan fingerprint density at radius 2 is 2.21 bits per heavy atom. The second-order valence-corrected chi connectivity index (χ2v) is 6.21. The third-order valence-corrected chi connectivity index (χ3v) is 4.56. The van der Waals surface area contributed by atoms with Gasteiger partial charge in [-0.25, -0.2) is 0 Å². The Morgan fingerprint density at radius 1 is 1.37 bits per heavy atom. The van der Waals surface area contributed by atoms with E-state index in [4.69, 9.17) is 4.74 Å². The van der Waals surface area contributed by atoms with Crippen LogP contribution in [0, 0.1) is 0 Å². The van der Waals surface area contributed by atoms with Crippen LogP contribution in [0.1, 0.15) is 29.8 Å². The Morgan fingerprint density at radius 3 is 2.84 bits per heavy atom. The van der Waals surface area contributed by atoms with Gasteiger partial charge in [0.1, 0.15) is 5.75 Å². The van der Waals surface area contributed by atoms with Crippen LogP contribution in [0.3, 0.4) is 0 Å². The van der Waals surface area contributed by atoms with E-state index in [1.165, 1.54) is 10.4 Å². The highest BCUT2D eigenvalue weighted by Gasteiger charge is 2.11. The largest absolute Gasteiger partial charge is 0.496 e. The van der Waals surface area contributed by atoms with Gasteiger partial charge in [-0.3, -0.25) is 0 Å². The molecule has 2 aromatic rings. The molecule has 19 heavy (non-hydrogen) atoms. The molecule has 1 heterocycles. The van der Waals surface area contributed by atoms with Crippen molar-refractivity contribution in [2.75, 3.05) is 7.11 Å². The number of hydrogen-bond donors (Lipinski definition) is 1. The lowest BCUT2D eigenvalue weighted by molar-refractivity contribution is 0.404. The molecule has 0 bridgehead atoms. The minimum Gasteiger partial charge on any atom is -0.496 e. The molecule has 0 aliphatic heterocycles. The van der Waals surface area contributed by atoms with E-state index >= 15 is 0 Å². The molecule has 0 aliphatic rings. The summed E-state index contributed by atoms with van der Waals surface area (Å²) in [5, 5.41) is 5.72. The fraction of sp³-hybridized carbons (Fsp3) is 0.333. The van der Waals surface area contributed by atoms with Gasteiger partial charge in [-0.05, 0) is 36.1 Å². The molecule has 0 saturated heterocycles. The summed E-state index contributed by atoms with van der Waals surface area (Å²) in [7, 11) is 1.71. The second-order valence-electron chi connectivity index (χ2n) is 4.31. The van der Waals surface area contributed by atoms with E-state index in [9.17, 15) is 0 Å². The topological polar surface area (TPSA) is 21.3 Å². The molecule has 2 nitrogen and oxygen atoms in total. The zero-order valence-electron chi connectivity index (χ0n) is 11.2. The molecule has 0 aliphatic carbocycles. The summed E-state index contributed by atoms with van der Waals surface area (Å²) < 4.78 is 6.48. The molecule has 0 saturated carbocycles. The Balaban J connectivity index is 2.07. The van der Waals surface area contributed by atoms with Crippen molar-refractivity contribution in [1.29, 1.82) is 0 Å². The molecular weight excluding hydrogens is 322 g/mol. The number of thiophene rings is 1. The third kappa shape index (κ3) is 3.81. The third-order valence-electron chi connectivity index (χ3n) is 3.08. The van der Waals surface area contributed by atoms with Crippen molar-refractivity contribution in [3.63, 3.8) is 0 Å². The van der Waals surface area contributed by atoms with E-state index < -0.39 is 0 Å². The van der Waals surface area contributed by atoms with Crippen molar-refractivity contribution in [3.8, 4) is 5.75 Å². The van der Waals surface area contributed by atoms with Gasteiger partial charge in [0.2, 0.25) is 0 Å². The second kappa shape index (κ2) is 7.08. The maximum absolute atomic E-state index is 5.40. The fourth-order valence-electron chi connectivity index (χ4n) is 2.05. The Hall–Kier alpha value is -0.840. The van der Waals surface area contributed by atoms with Gasteiger partial charge in [-0.1, -0.05) is 28.9 Å². The van der Waals surface area contributed by atoms with Crippen molar-refractivity contribution in [2.45, 2.75) is 25.9 Å². The lowest BCUT2D eigenvalue weighted by Crippen LogP contribution is -2.19. The Kier molecular flexibility index (Phi) is 5.43. The van der Waals surface area contributed by atoms with Crippen LogP contribution in [0.25, 0.3) is 0 Å². The van der Waals surface area contributed by atoms with Crippen molar-refractivity contribution >= 4 is 27.3 Å². The van der Waals surface area contributed by atoms with Crippen molar-refractivity contribution in [3.05, 3.63) is 50.6 Å². The van der Waals surface area contributed by atoms with E-state index in [2.05, 4.69) is 51.7 Å². The first-order valence-corrected chi connectivity index (χ1v) is 8.01. The molecule has 1 N–H and O–H groups in total. The van der Waals surface area contributed by atoms with Crippen LogP contribution in [0.15, 0.2) is 40.2 Å². The van der Waals surface area contributed by atoms with Crippen LogP contribution in [0.4, 0.5) is 0 Å². The van der Waals surface area contributed by atoms with Gasteiger partial charge < -0.3 is 10.1 Å². The highest BCUT2D eigenvalue weighted by Crippen LogP contribution is 2.26. The van der Waals surface area contributed by atoms with Gasteiger partial charge in [0, 0.05) is 27.5 Å². The summed E-state index contributed by atoms with van der Waals surface area (Å²) >= 11 is 5.31. The van der Waals surface area contributed by atoms with E-state index in [0.29, 0.717) is 6.04 Å². The number of ether oxygens (including phenoxy) is 1. The molecule has 1 aromatic heterocycles. The molecule has 2 rings (SSSR count). The fourth-order valence-corrected chi connectivity index (χ4v) is 3.35. The van der Waals surface area contributed by atoms with E-state index in [1.54, 1.807) is 18.4 Å². The molecule has 4 heteroatoms. The lowest BCUT2D eigenvalue weighted by Gasteiger charge is -2.17. The first kappa shape index (κ1) is 14.6. The van der Waals surface area contributed by atoms with Crippen LogP contribution in [0.2, 0.25) is 0 Å². The number of rotatable bonds is 6. The quantitative estimate of drug-likeness (QED) is 0.819. The number of methoxy groups -OCH3 is 1. The molecule has 1 unspecified atom stereocenters. The molecule has 102 valence electrons. The maximum Gasteiger partial charge on any atom is 0.123 e. The number of benzene rings is 1. The zero-order chi connectivity index (χ0) is 13.7. The predicted molar refractivity (Wildman–Crippen MR) is 84.9 cm³/mol. The Bertz CT molecular complexity index is 513. The van der Waals surface area contributed by atoms with Gasteiger partial charge in [-0.2, -0.15) is 0 Å². The summed E-state index contributed by atoms with van der Waals surface area (Å²) in [6, 6.07) is 10.8. The summed E-state index contributed by atoms with van der Waals surface area (Å²) in [4.78, 5) is 1.39. The SMILES string of the molecule is CCC(NCc1cc(Br)ccc1OC)c1cccs1. The average molecular weight is 340 g/mol. The number of hydrogen-bond acceptors (Lipinski definition) is 3. The highest BCUT2D eigenvalue weighted by molar-refractivity contribution is 9.10. The first-order chi connectivity index (χ1) is 9.24. The van der Waals surface area contributed by atoms with Gasteiger partial charge in [-0.15, -0.1) is 11.3 Å². The molecule has 0 radical (unpaired) electrons. The van der Waals surface area contributed by atoms with E-state index in [1.807, 2.05) is 12.1 Å². The summed E-state index contributed by atoms with van der Waals surface area (Å²) in [6.07, 6.45) is 1.08. The van der Waals surface area contributed by atoms with Crippen LogP contribution >= 0.6 is 27.3 Å². The highest BCUT2D eigenvalue weighted by atomic mass is 79.9. The van der Waals surface area contributed by atoms with Crippen molar-refractivity contribution < 1.29 is 4.74 Å². The number of halogens is 1. The molecule has 0 spiro atoms. The molecule has 1 aromatic carbocycles. The van der Waals surface area contributed by atoms with Crippen molar-refractivity contribution in [1.82, 2.24) is 5.32 Å². The van der Waals surface area contributed by atoms with Gasteiger partial charge in [0.05, 0.1) is 7.11 Å². The molecule has 1 atom stereocenters. The smallest absolute Gasteiger partial charge is 0.123 e. The van der Waals surface area contributed by atoms with Gasteiger partial charge >= 0.3 is 0 Å². The first-order valence-electron chi connectivity index (χ1n) is 6.33. The monoisotopic (exact) mass is 339 g/mol. The maximum atomic E-state index is 5.40. The Labute approximate surface area is 126 Å². The standard InChI is InChI=1S/C15H18BrNOS/c1-3-13(15-5-4-8-19-15)17-10-11-9-12(16)6-7-14(11)18-2/h4-9,13,17H,3,10H2,1-2H3. The lowest BCUT2D eigenvalue weighted by atomic mass is 10.1. The average Bonchev–Trinajstić information content (AvgIpc) is 2.94. The van der Waals surface area contributed by atoms with Crippen LogP contribution in [-0.4, -0.2) is 7.11 Å². The summed E-state index contributed by atoms with van der Waals surface area (Å²) in [5.41, 5.74) is 1.17. The molecule has 0 amide bonds. The summed E-state index contributed by atoms with van der Waals surface area (Å²) in [6.45, 7) is 3.01. The van der Waals surface area contributed by atoms with Gasteiger partial charge in [0.15, 0.2) is 0 Å². The minimum absolute atomic E-state index is 0.406. The minimum atomic E-state index is 0.406. The van der Waals surface area contributed by atoms with Crippen LogP contribution in [0.5, 0.6) is 5.75 Å². The summed E-state index contributed by atoms with van der Waals surface area (Å²) in [5.74, 6) is 0.928. The van der Waals surface area contributed by atoms with Gasteiger partial charge in [0.25, 0.3) is 0 Å². The van der Waals surface area contributed by atoms with E-state index in [0.717, 1.165) is 23.2 Å². The van der Waals surface area contributed by atoms with Crippen LogP contribution < -0.4 is 10.1 Å². The van der Waals surface area contributed by atoms with E-state index in [-0.39, 0.29) is 0 Å².